The molecule has 0 bridgehead atoms. The Morgan fingerprint density at radius 3 is 3.00 bits per heavy atom. The molecule has 3 unspecified atom stereocenters. The van der Waals surface area contributed by atoms with Gasteiger partial charge in [0.1, 0.15) is 0 Å². The van der Waals surface area contributed by atoms with E-state index in [-0.39, 0.29) is 0 Å². The summed E-state index contributed by atoms with van der Waals surface area (Å²) in [7, 11) is 0. The number of nitrogens with one attached hydrogen (secondary N) is 1. The normalized spacial score (nSPS) is 48.3. The van der Waals surface area contributed by atoms with Crippen LogP contribution in [0, 0.1) is 17.8 Å². The van der Waals surface area contributed by atoms with Crippen molar-refractivity contribution in [3.63, 3.8) is 0 Å². The highest BCUT2D eigenvalue weighted by molar-refractivity contribution is 4.96. The van der Waals surface area contributed by atoms with E-state index in [9.17, 15) is 0 Å². The van der Waals surface area contributed by atoms with Crippen LogP contribution in [0.4, 0.5) is 0 Å². The van der Waals surface area contributed by atoms with Gasteiger partial charge in [0.25, 0.3) is 0 Å². The smallest absolute Gasteiger partial charge is 0.00141 e. The molecule has 3 atom stereocenters. The van der Waals surface area contributed by atoms with Crippen LogP contribution < -0.4 is 11.1 Å². The van der Waals surface area contributed by atoms with E-state index in [4.69, 9.17) is 5.73 Å². The Balaban J connectivity index is 1.93. The second-order valence-electron chi connectivity index (χ2n) is 3.31. The van der Waals surface area contributed by atoms with Gasteiger partial charge in [-0.2, -0.15) is 0 Å². The molecule has 0 aromatic heterocycles. The highest BCUT2D eigenvalue weighted by atomic mass is 14.9. The Morgan fingerprint density at radius 2 is 2.33 bits per heavy atom. The maximum atomic E-state index is 5.56. The molecule has 52 valence electrons. The molecule has 2 fully saturated rings. The van der Waals surface area contributed by atoms with Gasteiger partial charge in [0, 0.05) is 0 Å². The molecular formula is C7H14N2. The van der Waals surface area contributed by atoms with Crippen LogP contribution in [0.25, 0.3) is 0 Å². The fourth-order valence-electron chi connectivity index (χ4n) is 2.20. The summed E-state index contributed by atoms with van der Waals surface area (Å²) in [5.74, 6) is 2.78. The van der Waals surface area contributed by atoms with Crippen LogP contribution in [-0.2, 0) is 0 Å². The first-order valence-corrected chi connectivity index (χ1v) is 3.82. The van der Waals surface area contributed by atoms with Crippen LogP contribution in [0.2, 0.25) is 0 Å². The van der Waals surface area contributed by atoms with Crippen molar-refractivity contribution in [2.75, 3.05) is 19.6 Å². The van der Waals surface area contributed by atoms with Gasteiger partial charge in [-0.1, -0.05) is 0 Å². The molecule has 2 nitrogen and oxygen atoms in total. The zero-order chi connectivity index (χ0) is 6.27. The molecule has 3 N–H and O–H groups in total. The molecule has 0 aromatic carbocycles. The van der Waals surface area contributed by atoms with Gasteiger partial charge in [0.2, 0.25) is 0 Å². The van der Waals surface area contributed by atoms with Gasteiger partial charge >= 0.3 is 0 Å². The number of hydrogen-bond acceptors (Lipinski definition) is 2. The van der Waals surface area contributed by atoms with Gasteiger partial charge in [-0.25, -0.2) is 0 Å². The Bertz CT molecular complexity index is 113. The molecule has 0 amide bonds. The number of fused-ring (bicyclic) bond motifs is 1. The van der Waals surface area contributed by atoms with Crippen LogP contribution in [0.5, 0.6) is 0 Å². The van der Waals surface area contributed by atoms with Gasteiger partial charge in [0.15, 0.2) is 0 Å². The van der Waals surface area contributed by atoms with Crippen LogP contribution in [0.1, 0.15) is 6.42 Å². The zero-order valence-corrected chi connectivity index (χ0v) is 5.64. The van der Waals surface area contributed by atoms with E-state index in [1.54, 1.807) is 0 Å². The van der Waals surface area contributed by atoms with Crippen LogP contribution >= 0.6 is 0 Å². The van der Waals surface area contributed by atoms with Gasteiger partial charge < -0.3 is 11.1 Å². The Labute approximate surface area is 55.8 Å². The van der Waals surface area contributed by atoms with E-state index < -0.39 is 0 Å². The van der Waals surface area contributed by atoms with E-state index in [1.807, 2.05) is 0 Å². The largest absolute Gasteiger partial charge is 0.330 e. The molecular weight excluding hydrogens is 112 g/mol. The van der Waals surface area contributed by atoms with Crippen molar-refractivity contribution in [2.45, 2.75) is 6.42 Å². The summed E-state index contributed by atoms with van der Waals surface area (Å²) in [5, 5.41) is 3.39. The quantitative estimate of drug-likeness (QED) is 0.510. The molecule has 1 saturated carbocycles. The lowest BCUT2D eigenvalue weighted by molar-refractivity contribution is 0.129. The average Bonchev–Trinajstić information content (AvgIpc) is 2.14. The lowest BCUT2D eigenvalue weighted by atomic mass is 9.67. The fourth-order valence-corrected chi connectivity index (χ4v) is 2.20. The third-order valence-corrected chi connectivity index (χ3v) is 2.91. The van der Waals surface area contributed by atoms with E-state index in [2.05, 4.69) is 5.32 Å². The van der Waals surface area contributed by atoms with Gasteiger partial charge in [0.05, 0.1) is 0 Å². The predicted molar refractivity (Wildman–Crippen MR) is 37.0 cm³/mol. The van der Waals surface area contributed by atoms with Crippen molar-refractivity contribution in [1.82, 2.24) is 5.32 Å². The second kappa shape index (κ2) is 1.96. The lowest BCUT2D eigenvalue weighted by Gasteiger charge is -2.38. The van der Waals surface area contributed by atoms with Crippen molar-refractivity contribution in [3.8, 4) is 0 Å². The maximum absolute atomic E-state index is 5.56. The molecule has 0 spiro atoms. The molecule has 0 radical (unpaired) electrons. The van der Waals surface area contributed by atoms with Crippen molar-refractivity contribution in [1.29, 1.82) is 0 Å². The SMILES string of the molecule is NCC1CC2CNCC12. The molecule has 1 aliphatic heterocycles. The summed E-state index contributed by atoms with van der Waals surface area (Å²) in [6, 6.07) is 0. The molecule has 2 heteroatoms. The van der Waals surface area contributed by atoms with Crippen molar-refractivity contribution in [2.24, 2.45) is 23.5 Å². The van der Waals surface area contributed by atoms with Crippen molar-refractivity contribution >= 4 is 0 Å². The van der Waals surface area contributed by atoms with Crippen LogP contribution in [0.15, 0.2) is 0 Å². The van der Waals surface area contributed by atoms with Gasteiger partial charge in [-0.05, 0) is 43.8 Å². The van der Waals surface area contributed by atoms with E-state index in [0.29, 0.717) is 0 Å². The Hall–Kier alpha value is -0.0800. The van der Waals surface area contributed by atoms with Crippen molar-refractivity contribution < 1.29 is 0 Å². The summed E-state index contributed by atoms with van der Waals surface area (Å²) in [4.78, 5) is 0. The average molecular weight is 126 g/mol. The molecule has 0 aromatic rings. The molecule has 1 aliphatic carbocycles. The molecule has 9 heavy (non-hydrogen) atoms. The summed E-state index contributed by atoms with van der Waals surface area (Å²) in [6.45, 7) is 3.39. The minimum Gasteiger partial charge on any atom is -0.330 e. The first-order chi connectivity index (χ1) is 4.42. The third-order valence-electron chi connectivity index (χ3n) is 2.91. The summed E-state index contributed by atoms with van der Waals surface area (Å²) in [5.41, 5.74) is 5.56. The monoisotopic (exact) mass is 126 g/mol. The minimum atomic E-state index is 0.852. The fraction of sp³-hybridized carbons (Fsp3) is 1.00. The Kier molecular flexibility index (Phi) is 1.24. The molecule has 2 aliphatic rings. The number of rotatable bonds is 1. The van der Waals surface area contributed by atoms with Crippen molar-refractivity contribution in [3.05, 3.63) is 0 Å². The highest BCUT2D eigenvalue weighted by Crippen LogP contribution is 2.41. The first-order valence-electron chi connectivity index (χ1n) is 3.82. The van der Waals surface area contributed by atoms with Gasteiger partial charge in [-0.15, -0.1) is 0 Å². The van der Waals surface area contributed by atoms with E-state index in [1.165, 1.54) is 19.5 Å². The number of hydrogen-bond donors (Lipinski definition) is 2. The van der Waals surface area contributed by atoms with Crippen LogP contribution in [0.3, 0.4) is 0 Å². The van der Waals surface area contributed by atoms with E-state index >= 15 is 0 Å². The number of nitrogens with two attached hydrogens (primary N) is 1. The topological polar surface area (TPSA) is 38.0 Å². The summed E-state index contributed by atoms with van der Waals surface area (Å²) < 4.78 is 0. The standard InChI is InChI=1S/C7H14N2/c8-2-5-1-6-3-9-4-7(5)6/h5-7,9H,1-4,8H2. The summed E-state index contributed by atoms with van der Waals surface area (Å²) >= 11 is 0. The Morgan fingerprint density at radius 1 is 1.44 bits per heavy atom. The molecule has 1 saturated heterocycles. The maximum Gasteiger partial charge on any atom is -0.00141 e. The van der Waals surface area contributed by atoms with Gasteiger partial charge in [-0.3, -0.25) is 0 Å². The first kappa shape index (κ1) is 5.69. The van der Waals surface area contributed by atoms with Crippen LogP contribution in [-0.4, -0.2) is 19.6 Å². The van der Waals surface area contributed by atoms with E-state index in [0.717, 1.165) is 24.3 Å². The second-order valence-corrected chi connectivity index (χ2v) is 3.31. The zero-order valence-electron chi connectivity index (χ0n) is 5.64. The highest BCUT2D eigenvalue weighted by Gasteiger charge is 2.42. The predicted octanol–water partition coefficient (Wildman–Crippen LogP) is -0.199. The third kappa shape index (κ3) is 0.700. The minimum absolute atomic E-state index is 0.852. The summed E-state index contributed by atoms with van der Waals surface area (Å²) in [6.07, 6.45) is 1.38. The molecule has 2 rings (SSSR count). The lowest BCUT2D eigenvalue weighted by Crippen LogP contribution is -2.39. The molecule has 1 heterocycles.